The second-order valence-electron chi connectivity index (χ2n) is 6.59. The van der Waals surface area contributed by atoms with Gasteiger partial charge in [0.05, 0.1) is 19.9 Å². The number of carbonyl (C=O) groups is 2. The smallest absolute Gasteiger partial charge is 0.267 e. The van der Waals surface area contributed by atoms with Crippen molar-refractivity contribution in [1.82, 2.24) is 9.78 Å². The Hall–Kier alpha value is -4.14. The number of ether oxygens (including phenoxy) is 2. The van der Waals surface area contributed by atoms with E-state index in [1.165, 1.54) is 20.1 Å². The Labute approximate surface area is 178 Å². The molecular weight excluding hydrogens is 400 g/mol. The van der Waals surface area contributed by atoms with Crippen LogP contribution in [-0.2, 0) is 16.1 Å². The van der Waals surface area contributed by atoms with Crippen LogP contribution in [-0.4, -0.2) is 35.8 Å². The minimum atomic E-state index is -0.411. The zero-order chi connectivity index (χ0) is 22.4. The first kappa shape index (κ1) is 21.6. The Morgan fingerprint density at radius 2 is 1.55 bits per heavy atom. The Kier molecular flexibility index (Phi) is 6.66. The highest BCUT2D eigenvalue weighted by Crippen LogP contribution is 2.31. The third-order valence-electron chi connectivity index (χ3n) is 4.33. The van der Waals surface area contributed by atoms with E-state index in [1.807, 2.05) is 0 Å². The summed E-state index contributed by atoms with van der Waals surface area (Å²) >= 11 is 0. The Bertz CT molecular complexity index is 1160. The van der Waals surface area contributed by atoms with Crippen LogP contribution in [0, 0.1) is 0 Å². The van der Waals surface area contributed by atoms with Gasteiger partial charge in [-0.15, -0.1) is 0 Å². The van der Waals surface area contributed by atoms with Gasteiger partial charge in [-0.25, -0.2) is 4.68 Å². The Morgan fingerprint density at radius 1 is 0.903 bits per heavy atom. The molecule has 0 radical (unpaired) electrons. The van der Waals surface area contributed by atoms with E-state index in [1.54, 1.807) is 55.6 Å². The molecule has 0 aliphatic rings. The summed E-state index contributed by atoms with van der Waals surface area (Å²) in [7, 11) is 3.07. The summed E-state index contributed by atoms with van der Waals surface area (Å²) in [5.74, 6) is 0.506. The molecule has 3 aromatic rings. The standard InChI is InChI=1S/C22H22N4O5/c1-14(27)23-16-5-7-17(8-6-16)24-21(28)13-26-22(29)11-9-18(25-26)15-4-10-19(30-2)20(12-15)31-3/h4-12H,13H2,1-3H3,(H,23,27)(H,24,28). The summed E-state index contributed by atoms with van der Waals surface area (Å²) in [4.78, 5) is 35.7. The van der Waals surface area contributed by atoms with Crippen molar-refractivity contribution in [2.24, 2.45) is 0 Å². The van der Waals surface area contributed by atoms with E-state index in [0.29, 0.717) is 34.1 Å². The van der Waals surface area contributed by atoms with Crippen LogP contribution < -0.4 is 25.7 Å². The predicted molar refractivity (Wildman–Crippen MR) is 116 cm³/mol. The molecule has 2 aromatic carbocycles. The van der Waals surface area contributed by atoms with E-state index < -0.39 is 11.5 Å². The van der Waals surface area contributed by atoms with Crippen LogP contribution in [0.3, 0.4) is 0 Å². The molecule has 0 aliphatic carbocycles. The molecule has 31 heavy (non-hydrogen) atoms. The van der Waals surface area contributed by atoms with E-state index in [0.717, 1.165) is 4.68 Å². The SMILES string of the molecule is COc1ccc(-c2ccc(=O)n(CC(=O)Nc3ccc(NC(C)=O)cc3)n2)cc1OC. The molecule has 0 unspecified atom stereocenters. The van der Waals surface area contributed by atoms with Crippen LogP contribution in [0.2, 0.25) is 0 Å². The van der Waals surface area contributed by atoms with Gasteiger partial charge in [0.25, 0.3) is 5.56 Å². The highest BCUT2D eigenvalue weighted by molar-refractivity contribution is 5.92. The zero-order valence-electron chi connectivity index (χ0n) is 17.3. The average Bonchev–Trinajstić information content (AvgIpc) is 2.75. The first-order valence-corrected chi connectivity index (χ1v) is 9.37. The molecule has 9 nitrogen and oxygen atoms in total. The van der Waals surface area contributed by atoms with Gasteiger partial charge in [-0.1, -0.05) is 0 Å². The quantitative estimate of drug-likeness (QED) is 0.605. The van der Waals surface area contributed by atoms with Gasteiger partial charge in [0, 0.05) is 29.9 Å². The molecular formula is C22H22N4O5. The number of amides is 2. The number of hydrogen-bond acceptors (Lipinski definition) is 6. The maximum Gasteiger partial charge on any atom is 0.267 e. The van der Waals surface area contributed by atoms with Crippen molar-refractivity contribution in [3.63, 3.8) is 0 Å². The molecule has 3 rings (SSSR count). The lowest BCUT2D eigenvalue weighted by molar-refractivity contribution is -0.117. The molecule has 0 saturated carbocycles. The number of methoxy groups -OCH3 is 2. The molecule has 160 valence electrons. The molecule has 0 saturated heterocycles. The van der Waals surface area contributed by atoms with Crippen LogP contribution in [0.5, 0.6) is 11.5 Å². The van der Waals surface area contributed by atoms with Crippen molar-refractivity contribution in [3.8, 4) is 22.8 Å². The molecule has 0 bridgehead atoms. The number of rotatable bonds is 7. The van der Waals surface area contributed by atoms with Crippen molar-refractivity contribution >= 4 is 23.2 Å². The highest BCUT2D eigenvalue weighted by atomic mass is 16.5. The molecule has 0 aliphatic heterocycles. The zero-order valence-corrected chi connectivity index (χ0v) is 17.3. The van der Waals surface area contributed by atoms with Gasteiger partial charge in [-0.3, -0.25) is 14.4 Å². The van der Waals surface area contributed by atoms with E-state index in [4.69, 9.17) is 9.47 Å². The number of hydrogen-bond donors (Lipinski definition) is 2. The lowest BCUT2D eigenvalue weighted by Crippen LogP contribution is -2.29. The van der Waals surface area contributed by atoms with Gasteiger partial charge in [0.15, 0.2) is 11.5 Å². The summed E-state index contributed by atoms with van der Waals surface area (Å²) in [5.41, 5.74) is 1.96. The van der Waals surface area contributed by atoms with Crippen LogP contribution in [0.15, 0.2) is 59.4 Å². The second-order valence-corrected chi connectivity index (χ2v) is 6.59. The Morgan fingerprint density at radius 3 is 2.16 bits per heavy atom. The number of benzene rings is 2. The van der Waals surface area contributed by atoms with Crippen molar-refractivity contribution in [1.29, 1.82) is 0 Å². The van der Waals surface area contributed by atoms with Crippen LogP contribution in [0.4, 0.5) is 11.4 Å². The van der Waals surface area contributed by atoms with Gasteiger partial charge in [-0.2, -0.15) is 5.10 Å². The number of nitrogens with zero attached hydrogens (tertiary/aromatic N) is 2. The molecule has 1 aromatic heterocycles. The summed E-state index contributed by atoms with van der Waals surface area (Å²) in [6, 6.07) is 14.8. The van der Waals surface area contributed by atoms with Crippen molar-refractivity contribution in [3.05, 3.63) is 65.0 Å². The summed E-state index contributed by atoms with van der Waals surface area (Å²) in [6.07, 6.45) is 0. The number of aromatic nitrogens is 2. The van der Waals surface area contributed by atoms with Crippen molar-refractivity contribution < 1.29 is 19.1 Å². The molecule has 1 heterocycles. The second kappa shape index (κ2) is 9.57. The maximum atomic E-state index is 12.4. The Balaban J connectivity index is 1.75. The summed E-state index contributed by atoms with van der Waals surface area (Å²) < 4.78 is 11.6. The molecule has 0 atom stereocenters. The molecule has 2 amide bonds. The van der Waals surface area contributed by atoms with Crippen LogP contribution >= 0.6 is 0 Å². The fraction of sp³-hybridized carbons (Fsp3) is 0.182. The first-order valence-electron chi connectivity index (χ1n) is 9.37. The fourth-order valence-corrected chi connectivity index (χ4v) is 2.89. The molecule has 0 spiro atoms. The lowest BCUT2D eigenvalue weighted by Gasteiger charge is -2.11. The van der Waals surface area contributed by atoms with Gasteiger partial charge < -0.3 is 20.1 Å². The minimum absolute atomic E-state index is 0.184. The van der Waals surface area contributed by atoms with Gasteiger partial charge in [-0.05, 0) is 48.5 Å². The minimum Gasteiger partial charge on any atom is -0.493 e. The van der Waals surface area contributed by atoms with E-state index in [2.05, 4.69) is 15.7 Å². The fourth-order valence-electron chi connectivity index (χ4n) is 2.89. The average molecular weight is 422 g/mol. The van der Waals surface area contributed by atoms with E-state index in [9.17, 15) is 14.4 Å². The van der Waals surface area contributed by atoms with Gasteiger partial charge >= 0.3 is 0 Å². The van der Waals surface area contributed by atoms with Crippen molar-refractivity contribution in [2.45, 2.75) is 13.5 Å². The molecule has 2 N–H and O–H groups in total. The summed E-state index contributed by atoms with van der Waals surface area (Å²) in [6.45, 7) is 1.16. The third kappa shape index (κ3) is 5.47. The third-order valence-corrected chi connectivity index (χ3v) is 4.33. The maximum absolute atomic E-state index is 12.4. The van der Waals surface area contributed by atoms with Crippen LogP contribution in [0.1, 0.15) is 6.92 Å². The monoisotopic (exact) mass is 422 g/mol. The topological polar surface area (TPSA) is 112 Å². The predicted octanol–water partition coefficient (Wildman–Crippen LogP) is 2.52. The highest BCUT2D eigenvalue weighted by Gasteiger charge is 2.11. The van der Waals surface area contributed by atoms with Gasteiger partial charge in [0.1, 0.15) is 6.54 Å². The lowest BCUT2D eigenvalue weighted by atomic mass is 10.1. The summed E-state index contributed by atoms with van der Waals surface area (Å²) in [5, 5.41) is 9.65. The normalized spacial score (nSPS) is 10.3. The van der Waals surface area contributed by atoms with E-state index in [-0.39, 0.29) is 12.5 Å². The molecule has 9 heteroatoms. The number of nitrogens with one attached hydrogen (secondary N) is 2. The van der Waals surface area contributed by atoms with Crippen molar-refractivity contribution in [2.75, 3.05) is 24.9 Å². The van der Waals surface area contributed by atoms with Gasteiger partial charge in [0.2, 0.25) is 11.8 Å². The number of carbonyl (C=O) groups excluding carboxylic acids is 2. The number of anilines is 2. The van der Waals surface area contributed by atoms with Crippen LogP contribution in [0.25, 0.3) is 11.3 Å². The van der Waals surface area contributed by atoms with E-state index >= 15 is 0 Å². The first-order chi connectivity index (χ1) is 14.9. The largest absolute Gasteiger partial charge is 0.493 e. The molecule has 0 fully saturated rings.